The Morgan fingerprint density at radius 3 is 2.24 bits per heavy atom. The van der Waals surface area contributed by atoms with E-state index in [0.717, 1.165) is 6.42 Å². The van der Waals surface area contributed by atoms with Crippen LogP contribution in [0.25, 0.3) is 0 Å². The van der Waals surface area contributed by atoms with Crippen LogP contribution in [0.15, 0.2) is 24.3 Å². The summed E-state index contributed by atoms with van der Waals surface area (Å²) in [5, 5.41) is 0. The minimum Gasteiger partial charge on any atom is -0.482 e. The van der Waals surface area contributed by atoms with E-state index in [1.807, 2.05) is 6.92 Å². The highest BCUT2D eigenvalue weighted by atomic mass is 16.6. The second-order valence-corrected chi connectivity index (χ2v) is 6.12. The Hall–Kier alpha value is -1.84. The number of carbonyl (C=O) groups is 2. The van der Waals surface area contributed by atoms with Crippen LogP contribution in [0, 0.1) is 5.41 Å². The van der Waals surface area contributed by atoms with E-state index in [0.29, 0.717) is 24.3 Å². The highest BCUT2D eigenvalue weighted by Crippen LogP contribution is 2.18. The maximum absolute atomic E-state index is 11.5. The molecule has 0 saturated carbocycles. The molecule has 0 unspecified atom stereocenters. The van der Waals surface area contributed by atoms with Crippen molar-refractivity contribution < 1.29 is 19.1 Å². The molecule has 0 aliphatic carbocycles. The predicted molar refractivity (Wildman–Crippen MR) is 81.6 cm³/mol. The first-order valence-electron chi connectivity index (χ1n) is 7.23. The van der Waals surface area contributed by atoms with Crippen molar-refractivity contribution in [2.45, 2.75) is 40.5 Å². The molecule has 0 fully saturated rings. The van der Waals surface area contributed by atoms with Crippen molar-refractivity contribution in [3.63, 3.8) is 0 Å². The van der Waals surface area contributed by atoms with Gasteiger partial charge in [-0.1, -0.05) is 27.7 Å². The molecule has 0 spiro atoms. The molecule has 0 N–H and O–H groups in total. The fourth-order valence-electron chi connectivity index (χ4n) is 1.60. The Morgan fingerprint density at radius 1 is 1.10 bits per heavy atom. The van der Waals surface area contributed by atoms with Gasteiger partial charge in [0.1, 0.15) is 5.75 Å². The van der Waals surface area contributed by atoms with E-state index in [1.54, 1.807) is 24.3 Å². The van der Waals surface area contributed by atoms with E-state index in [9.17, 15) is 9.59 Å². The molecule has 0 amide bonds. The molecule has 0 bridgehead atoms. The fraction of sp³-hybridized carbons (Fsp3) is 0.529. The van der Waals surface area contributed by atoms with Crippen molar-refractivity contribution in [2.75, 3.05) is 13.2 Å². The Labute approximate surface area is 126 Å². The molecule has 4 heteroatoms. The zero-order valence-corrected chi connectivity index (χ0v) is 13.3. The van der Waals surface area contributed by atoms with Crippen LogP contribution >= 0.6 is 0 Å². The van der Waals surface area contributed by atoms with E-state index in [2.05, 4.69) is 20.8 Å². The van der Waals surface area contributed by atoms with Crippen LogP contribution in [0.4, 0.5) is 0 Å². The maximum Gasteiger partial charge on any atom is 0.344 e. The van der Waals surface area contributed by atoms with Crippen molar-refractivity contribution in [3.05, 3.63) is 29.8 Å². The molecule has 4 nitrogen and oxygen atoms in total. The van der Waals surface area contributed by atoms with Gasteiger partial charge in [0.05, 0.1) is 6.61 Å². The summed E-state index contributed by atoms with van der Waals surface area (Å²) in [7, 11) is 0. The van der Waals surface area contributed by atoms with Gasteiger partial charge >= 0.3 is 5.97 Å². The van der Waals surface area contributed by atoms with E-state index in [4.69, 9.17) is 9.47 Å². The lowest BCUT2D eigenvalue weighted by Crippen LogP contribution is -2.18. The smallest absolute Gasteiger partial charge is 0.344 e. The van der Waals surface area contributed by atoms with Gasteiger partial charge in [0.15, 0.2) is 12.4 Å². The van der Waals surface area contributed by atoms with Gasteiger partial charge in [-0.2, -0.15) is 0 Å². The van der Waals surface area contributed by atoms with E-state index in [-0.39, 0.29) is 23.8 Å². The summed E-state index contributed by atoms with van der Waals surface area (Å²) in [4.78, 5) is 23.0. The number of hydrogen-bond acceptors (Lipinski definition) is 4. The second-order valence-electron chi connectivity index (χ2n) is 6.12. The van der Waals surface area contributed by atoms with Gasteiger partial charge in [0.2, 0.25) is 0 Å². The number of rotatable bonds is 7. The topological polar surface area (TPSA) is 52.6 Å². The van der Waals surface area contributed by atoms with Crippen molar-refractivity contribution in [2.24, 2.45) is 5.41 Å². The molecular formula is C17H24O4. The minimum atomic E-state index is -0.382. The lowest BCUT2D eigenvalue weighted by molar-refractivity contribution is -0.146. The number of benzene rings is 1. The van der Waals surface area contributed by atoms with Crippen molar-refractivity contribution >= 4 is 11.8 Å². The molecule has 21 heavy (non-hydrogen) atoms. The number of Topliss-reactive ketones (excluding diaryl/α,β-unsaturated/α-hetero) is 1. The van der Waals surface area contributed by atoms with Crippen LogP contribution in [-0.2, 0) is 9.53 Å². The van der Waals surface area contributed by atoms with Crippen molar-refractivity contribution in [1.82, 2.24) is 0 Å². The van der Waals surface area contributed by atoms with Gasteiger partial charge in [-0.3, -0.25) is 4.79 Å². The SMILES string of the molecule is CCC(=O)c1ccc(OCC(=O)OCCC(C)(C)C)cc1. The number of esters is 1. The number of carbonyl (C=O) groups excluding carboxylic acids is 2. The average molecular weight is 292 g/mol. The normalized spacial score (nSPS) is 11.0. The van der Waals surface area contributed by atoms with Crippen molar-refractivity contribution in [1.29, 1.82) is 0 Å². The number of ketones is 1. The summed E-state index contributed by atoms with van der Waals surface area (Å²) in [6.45, 7) is 8.38. The van der Waals surface area contributed by atoms with Gasteiger partial charge in [-0.25, -0.2) is 4.79 Å². The van der Waals surface area contributed by atoms with Crippen molar-refractivity contribution in [3.8, 4) is 5.75 Å². The average Bonchev–Trinajstić information content (AvgIpc) is 2.43. The van der Waals surface area contributed by atoms with Gasteiger partial charge in [-0.15, -0.1) is 0 Å². The van der Waals surface area contributed by atoms with E-state index < -0.39 is 0 Å². The zero-order chi connectivity index (χ0) is 15.9. The fourth-order valence-corrected chi connectivity index (χ4v) is 1.60. The lowest BCUT2D eigenvalue weighted by atomic mass is 9.93. The van der Waals surface area contributed by atoms with Crippen LogP contribution in [0.5, 0.6) is 5.75 Å². The summed E-state index contributed by atoms with van der Waals surface area (Å²) in [6, 6.07) is 6.77. The molecule has 1 aromatic rings. The third kappa shape index (κ3) is 6.93. The predicted octanol–water partition coefficient (Wildman–Crippen LogP) is 3.64. The first kappa shape index (κ1) is 17.2. The molecule has 0 atom stereocenters. The molecule has 1 aromatic carbocycles. The molecule has 116 valence electrons. The quantitative estimate of drug-likeness (QED) is 0.569. The van der Waals surface area contributed by atoms with Gasteiger partial charge in [0.25, 0.3) is 0 Å². The number of hydrogen-bond donors (Lipinski definition) is 0. The van der Waals surface area contributed by atoms with Gasteiger partial charge < -0.3 is 9.47 Å². The summed E-state index contributed by atoms with van der Waals surface area (Å²) in [5.74, 6) is 0.256. The monoisotopic (exact) mass is 292 g/mol. The van der Waals surface area contributed by atoms with E-state index in [1.165, 1.54) is 0 Å². The lowest BCUT2D eigenvalue weighted by Gasteiger charge is -2.17. The summed E-state index contributed by atoms with van der Waals surface area (Å²) in [6.07, 6.45) is 1.28. The summed E-state index contributed by atoms with van der Waals surface area (Å²) in [5.41, 5.74) is 0.792. The summed E-state index contributed by atoms with van der Waals surface area (Å²) < 4.78 is 10.4. The van der Waals surface area contributed by atoms with Crippen LogP contribution in [0.1, 0.15) is 50.9 Å². The van der Waals surface area contributed by atoms with Crippen LogP contribution in [-0.4, -0.2) is 25.0 Å². The first-order valence-corrected chi connectivity index (χ1v) is 7.23. The van der Waals surface area contributed by atoms with Gasteiger partial charge in [0, 0.05) is 12.0 Å². The molecular weight excluding hydrogens is 268 g/mol. The Kier molecular flexibility index (Phi) is 6.40. The zero-order valence-electron chi connectivity index (χ0n) is 13.3. The highest BCUT2D eigenvalue weighted by Gasteiger charge is 2.12. The third-order valence-electron chi connectivity index (χ3n) is 2.97. The molecule has 0 aromatic heterocycles. The Bertz CT molecular complexity index is 469. The first-order chi connectivity index (χ1) is 9.81. The standard InChI is InChI=1S/C17H24O4/c1-5-15(18)13-6-8-14(9-7-13)21-12-16(19)20-11-10-17(2,3)4/h6-9H,5,10-12H2,1-4H3. The molecule has 0 aliphatic heterocycles. The highest BCUT2D eigenvalue weighted by molar-refractivity contribution is 5.95. The molecule has 1 rings (SSSR count). The molecule has 0 saturated heterocycles. The third-order valence-corrected chi connectivity index (χ3v) is 2.97. The second kappa shape index (κ2) is 7.81. The molecule has 0 heterocycles. The minimum absolute atomic E-state index is 0.0862. The number of ether oxygens (including phenoxy) is 2. The molecule has 0 aliphatic rings. The summed E-state index contributed by atoms with van der Waals surface area (Å²) >= 11 is 0. The Morgan fingerprint density at radius 2 is 1.71 bits per heavy atom. The van der Waals surface area contributed by atoms with Crippen LogP contribution < -0.4 is 4.74 Å². The largest absolute Gasteiger partial charge is 0.482 e. The maximum atomic E-state index is 11.5. The molecule has 0 radical (unpaired) electrons. The van der Waals surface area contributed by atoms with Crippen LogP contribution in [0.3, 0.4) is 0 Å². The van der Waals surface area contributed by atoms with Crippen LogP contribution in [0.2, 0.25) is 0 Å². The Balaban J connectivity index is 2.34. The van der Waals surface area contributed by atoms with Gasteiger partial charge in [-0.05, 0) is 36.1 Å². The van der Waals surface area contributed by atoms with E-state index >= 15 is 0 Å².